The maximum absolute atomic E-state index is 12.3. The zero-order valence-electron chi connectivity index (χ0n) is 14.7. The summed E-state index contributed by atoms with van der Waals surface area (Å²) in [6, 6.07) is 15.5. The molecule has 0 spiro atoms. The number of hydrazone groups is 1. The number of carbonyl (C=O) groups is 1. The van der Waals surface area contributed by atoms with Crippen molar-refractivity contribution < 1.29 is 4.79 Å². The molecule has 0 aliphatic heterocycles. The van der Waals surface area contributed by atoms with E-state index in [2.05, 4.69) is 10.5 Å². The number of benzene rings is 2. The highest BCUT2D eigenvalue weighted by molar-refractivity contribution is 7.98. The Labute approximate surface area is 164 Å². The highest BCUT2D eigenvalue weighted by atomic mass is 35.5. The highest BCUT2D eigenvalue weighted by Crippen LogP contribution is 2.24. The second-order valence-corrected chi connectivity index (χ2v) is 7.96. The fourth-order valence-corrected chi connectivity index (χ4v) is 3.87. The molecule has 2 aromatic carbocycles. The average molecular weight is 387 g/mol. The summed E-state index contributed by atoms with van der Waals surface area (Å²) in [4.78, 5) is 13.4. The van der Waals surface area contributed by atoms with Crippen molar-refractivity contribution in [2.45, 2.75) is 49.2 Å². The topological polar surface area (TPSA) is 41.5 Å². The van der Waals surface area contributed by atoms with Gasteiger partial charge in [-0.3, -0.25) is 4.79 Å². The standard InChI is InChI=1S/C21H23ClN2OS/c22-18-11-13-20(14-12-18)26-15-16-7-9-17(10-8-16)21(25)24-23-19-5-3-1-2-4-6-19/h7-14H,1-6,15H2,(H,24,25). The molecule has 0 heterocycles. The van der Waals surface area contributed by atoms with E-state index in [1.807, 2.05) is 48.5 Å². The second kappa shape index (κ2) is 9.79. The highest BCUT2D eigenvalue weighted by Gasteiger charge is 2.08. The number of nitrogens with zero attached hydrogens (tertiary/aromatic N) is 1. The Bertz CT molecular complexity index is 747. The molecule has 26 heavy (non-hydrogen) atoms. The molecule has 1 aliphatic rings. The first-order chi connectivity index (χ1) is 12.7. The lowest BCUT2D eigenvalue weighted by molar-refractivity contribution is 0.0954. The van der Waals surface area contributed by atoms with E-state index in [4.69, 9.17) is 11.6 Å². The Kier molecular flexibility index (Phi) is 7.15. The van der Waals surface area contributed by atoms with Gasteiger partial charge in [-0.15, -0.1) is 11.8 Å². The molecular formula is C21H23ClN2OS. The maximum atomic E-state index is 12.3. The SMILES string of the molecule is O=C(NN=C1CCCCCC1)c1ccc(CSc2ccc(Cl)cc2)cc1. The van der Waals surface area contributed by atoms with Crippen molar-refractivity contribution in [2.75, 3.05) is 0 Å². The number of amides is 1. The van der Waals surface area contributed by atoms with E-state index >= 15 is 0 Å². The maximum Gasteiger partial charge on any atom is 0.271 e. The van der Waals surface area contributed by atoms with Crippen molar-refractivity contribution >= 4 is 35.0 Å². The molecule has 0 saturated heterocycles. The fraction of sp³-hybridized carbons (Fsp3) is 0.333. The number of rotatable bonds is 5. The molecule has 1 amide bonds. The van der Waals surface area contributed by atoms with Crippen molar-refractivity contribution in [1.82, 2.24) is 5.43 Å². The van der Waals surface area contributed by atoms with Crippen molar-refractivity contribution in [3.8, 4) is 0 Å². The van der Waals surface area contributed by atoms with Gasteiger partial charge < -0.3 is 0 Å². The van der Waals surface area contributed by atoms with E-state index in [9.17, 15) is 4.79 Å². The Morgan fingerprint density at radius 2 is 1.62 bits per heavy atom. The van der Waals surface area contributed by atoms with Crippen LogP contribution in [0.1, 0.15) is 54.4 Å². The molecule has 0 radical (unpaired) electrons. The number of thioether (sulfide) groups is 1. The number of carbonyl (C=O) groups excluding carboxylic acids is 1. The van der Waals surface area contributed by atoms with Crippen LogP contribution in [-0.4, -0.2) is 11.6 Å². The van der Waals surface area contributed by atoms with Gasteiger partial charge in [0.15, 0.2) is 0 Å². The Morgan fingerprint density at radius 1 is 0.962 bits per heavy atom. The Balaban J connectivity index is 1.52. The summed E-state index contributed by atoms with van der Waals surface area (Å²) in [6.07, 6.45) is 6.89. The van der Waals surface area contributed by atoms with Crippen LogP contribution < -0.4 is 5.43 Å². The zero-order valence-corrected chi connectivity index (χ0v) is 16.3. The normalized spacial score (nSPS) is 14.6. The summed E-state index contributed by atoms with van der Waals surface area (Å²) in [7, 11) is 0. The fourth-order valence-electron chi connectivity index (χ4n) is 2.89. The zero-order chi connectivity index (χ0) is 18.2. The first kappa shape index (κ1) is 19.0. The van der Waals surface area contributed by atoms with E-state index in [-0.39, 0.29) is 5.91 Å². The summed E-state index contributed by atoms with van der Waals surface area (Å²) in [5.74, 6) is 0.713. The predicted molar refractivity (Wildman–Crippen MR) is 110 cm³/mol. The first-order valence-corrected chi connectivity index (χ1v) is 10.4. The van der Waals surface area contributed by atoms with E-state index < -0.39 is 0 Å². The number of hydrogen-bond acceptors (Lipinski definition) is 3. The molecule has 1 aliphatic carbocycles. The van der Waals surface area contributed by atoms with Crippen LogP contribution in [0.25, 0.3) is 0 Å². The van der Waals surface area contributed by atoms with Crippen LogP contribution >= 0.6 is 23.4 Å². The molecule has 5 heteroatoms. The summed E-state index contributed by atoms with van der Waals surface area (Å²) in [5.41, 5.74) is 5.65. The van der Waals surface area contributed by atoms with Crippen molar-refractivity contribution in [3.63, 3.8) is 0 Å². The van der Waals surface area contributed by atoms with Crippen molar-refractivity contribution in [2.24, 2.45) is 5.10 Å². The molecule has 3 nitrogen and oxygen atoms in total. The summed E-state index contributed by atoms with van der Waals surface area (Å²) in [6.45, 7) is 0. The molecule has 1 saturated carbocycles. The van der Waals surface area contributed by atoms with Crippen LogP contribution in [0.15, 0.2) is 58.5 Å². The van der Waals surface area contributed by atoms with Crippen LogP contribution in [-0.2, 0) is 5.75 Å². The van der Waals surface area contributed by atoms with E-state index in [0.717, 1.165) is 29.3 Å². The van der Waals surface area contributed by atoms with Crippen LogP contribution in [0.2, 0.25) is 5.02 Å². The van der Waals surface area contributed by atoms with Gasteiger partial charge in [0.05, 0.1) is 0 Å². The molecule has 3 rings (SSSR count). The Hall–Kier alpha value is -1.78. The van der Waals surface area contributed by atoms with Gasteiger partial charge >= 0.3 is 0 Å². The summed E-state index contributed by atoms with van der Waals surface area (Å²) >= 11 is 7.65. The van der Waals surface area contributed by atoms with Crippen molar-refractivity contribution in [3.05, 3.63) is 64.7 Å². The molecule has 0 unspecified atom stereocenters. The smallest absolute Gasteiger partial charge is 0.267 e. The molecule has 0 aromatic heterocycles. The van der Waals surface area contributed by atoms with Gasteiger partial charge in [0, 0.05) is 26.9 Å². The van der Waals surface area contributed by atoms with E-state index in [1.54, 1.807) is 11.8 Å². The molecule has 136 valence electrons. The van der Waals surface area contributed by atoms with Gasteiger partial charge in [-0.2, -0.15) is 5.10 Å². The summed E-state index contributed by atoms with van der Waals surface area (Å²) in [5, 5.41) is 5.07. The van der Waals surface area contributed by atoms with Gasteiger partial charge in [-0.05, 0) is 67.6 Å². The van der Waals surface area contributed by atoms with E-state index in [0.29, 0.717) is 5.56 Å². The molecule has 2 aromatic rings. The second-order valence-electron chi connectivity index (χ2n) is 6.47. The third kappa shape index (κ3) is 5.89. The molecular weight excluding hydrogens is 364 g/mol. The predicted octanol–water partition coefficient (Wildman–Crippen LogP) is 6.07. The van der Waals surface area contributed by atoms with Crippen LogP contribution in [0.4, 0.5) is 0 Å². The van der Waals surface area contributed by atoms with Gasteiger partial charge in [-0.1, -0.05) is 36.6 Å². The largest absolute Gasteiger partial charge is 0.271 e. The molecule has 1 fully saturated rings. The lowest BCUT2D eigenvalue weighted by Gasteiger charge is -2.06. The van der Waals surface area contributed by atoms with Crippen molar-refractivity contribution in [1.29, 1.82) is 0 Å². The molecule has 0 bridgehead atoms. The minimum Gasteiger partial charge on any atom is -0.267 e. The number of hydrogen-bond donors (Lipinski definition) is 1. The Morgan fingerprint density at radius 3 is 2.27 bits per heavy atom. The van der Waals surface area contributed by atoms with Gasteiger partial charge in [0.1, 0.15) is 0 Å². The third-order valence-corrected chi connectivity index (χ3v) is 5.77. The minimum atomic E-state index is -0.140. The van der Waals surface area contributed by atoms with Gasteiger partial charge in [0.25, 0.3) is 5.91 Å². The average Bonchev–Trinajstić information content (AvgIpc) is 2.95. The molecule has 0 atom stereocenters. The third-order valence-electron chi connectivity index (χ3n) is 4.43. The van der Waals surface area contributed by atoms with Crippen LogP contribution in [0.3, 0.4) is 0 Å². The number of nitrogens with one attached hydrogen (secondary N) is 1. The quantitative estimate of drug-likeness (QED) is 0.384. The van der Waals surface area contributed by atoms with E-state index in [1.165, 1.54) is 36.1 Å². The molecule has 1 N–H and O–H groups in total. The van der Waals surface area contributed by atoms with Crippen LogP contribution in [0.5, 0.6) is 0 Å². The summed E-state index contributed by atoms with van der Waals surface area (Å²) < 4.78 is 0. The monoisotopic (exact) mass is 386 g/mol. The van der Waals surface area contributed by atoms with Crippen LogP contribution in [0, 0.1) is 0 Å². The first-order valence-electron chi connectivity index (χ1n) is 9.04. The van der Waals surface area contributed by atoms with Gasteiger partial charge in [0.2, 0.25) is 0 Å². The number of halogens is 1. The van der Waals surface area contributed by atoms with Gasteiger partial charge in [-0.25, -0.2) is 5.43 Å². The minimum absolute atomic E-state index is 0.140. The lowest BCUT2D eigenvalue weighted by Crippen LogP contribution is -2.19. The lowest BCUT2D eigenvalue weighted by atomic mass is 10.1.